The van der Waals surface area contributed by atoms with Crippen LogP contribution in [0.25, 0.3) is 0 Å². The Labute approximate surface area is 123 Å². The summed E-state index contributed by atoms with van der Waals surface area (Å²) in [6, 6.07) is 0. The normalized spacial score (nSPS) is 23.7. The molecule has 1 saturated heterocycles. The lowest BCUT2D eigenvalue weighted by atomic mass is 9.91. The maximum atomic E-state index is 12.1. The molecular weight excluding hydrogens is 276 g/mol. The molecule has 2 atom stereocenters. The minimum Gasteiger partial charge on any atom is -0.444 e. The van der Waals surface area contributed by atoms with Gasteiger partial charge in [-0.05, 0) is 33.6 Å². The van der Waals surface area contributed by atoms with Crippen molar-refractivity contribution < 1.29 is 14.6 Å². The van der Waals surface area contributed by atoms with Crippen LogP contribution in [0.2, 0.25) is 0 Å². The number of carbonyl (C=O) groups excluding carboxylic acids is 1. The van der Waals surface area contributed by atoms with Gasteiger partial charge in [0.15, 0.2) is 0 Å². The quantitative estimate of drug-likeness (QED) is 0.910. The molecule has 1 aromatic rings. The molecule has 6 heteroatoms. The number of aliphatic hydroxyl groups is 1. The molecule has 0 radical (unpaired) electrons. The van der Waals surface area contributed by atoms with Crippen LogP contribution in [-0.2, 0) is 11.2 Å². The zero-order valence-corrected chi connectivity index (χ0v) is 13.0. The van der Waals surface area contributed by atoms with Crippen LogP contribution < -0.4 is 0 Å². The summed E-state index contributed by atoms with van der Waals surface area (Å²) in [6.45, 7) is 6.67. The van der Waals surface area contributed by atoms with Crippen LogP contribution >= 0.6 is 11.3 Å². The molecule has 1 aliphatic rings. The number of hydrogen-bond donors (Lipinski definition) is 1. The van der Waals surface area contributed by atoms with Gasteiger partial charge in [0.05, 0.1) is 11.6 Å². The summed E-state index contributed by atoms with van der Waals surface area (Å²) in [5.41, 5.74) is 1.30. The molecule has 112 valence electrons. The van der Waals surface area contributed by atoms with Crippen molar-refractivity contribution in [2.45, 2.75) is 45.3 Å². The monoisotopic (exact) mass is 298 g/mol. The summed E-state index contributed by atoms with van der Waals surface area (Å²) >= 11 is 1.58. The number of nitrogens with zero attached hydrogens (tertiary/aromatic N) is 2. The fourth-order valence-corrected chi connectivity index (χ4v) is 3.00. The molecule has 5 nitrogen and oxygen atoms in total. The van der Waals surface area contributed by atoms with Crippen LogP contribution in [0.4, 0.5) is 4.79 Å². The van der Waals surface area contributed by atoms with Gasteiger partial charge in [-0.1, -0.05) is 0 Å². The van der Waals surface area contributed by atoms with E-state index in [1.54, 1.807) is 21.7 Å². The van der Waals surface area contributed by atoms with E-state index in [0.29, 0.717) is 19.5 Å². The van der Waals surface area contributed by atoms with Gasteiger partial charge in [-0.2, -0.15) is 0 Å². The van der Waals surface area contributed by atoms with Crippen molar-refractivity contribution in [3.05, 3.63) is 16.6 Å². The molecular formula is C14H22N2O3S. The van der Waals surface area contributed by atoms with Crippen molar-refractivity contribution in [1.82, 2.24) is 9.88 Å². The van der Waals surface area contributed by atoms with Crippen molar-refractivity contribution in [2.24, 2.45) is 5.92 Å². The highest BCUT2D eigenvalue weighted by Gasteiger charge is 2.32. The zero-order chi connectivity index (χ0) is 14.8. The number of thiazole rings is 1. The molecule has 1 amide bonds. The summed E-state index contributed by atoms with van der Waals surface area (Å²) in [7, 11) is 0. The standard InChI is InChI=1S/C14H22N2O3S/c1-14(2,3)19-13(18)16-5-4-12(17)10(8-16)6-11-7-15-9-20-11/h7,9-10,12,17H,4-6,8H2,1-3H3. The Morgan fingerprint density at radius 1 is 1.60 bits per heavy atom. The van der Waals surface area contributed by atoms with E-state index in [-0.39, 0.29) is 18.1 Å². The van der Waals surface area contributed by atoms with E-state index in [9.17, 15) is 9.90 Å². The van der Waals surface area contributed by atoms with E-state index in [1.165, 1.54) is 0 Å². The molecule has 0 aromatic carbocycles. The summed E-state index contributed by atoms with van der Waals surface area (Å²) in [5, 5.41) is 10.1. The van der Waals surface area contributed by atoms with Gasteiger partial charge in [-0.25, -0.2) is 4.79 Å². The third kappa shape index (κ3) is 4.18. The first-order valence-corrected chi connectivity index (χ1v) is 7.76. The minimum absolute atomic E-state index is 0.0525. The number of ether oxygens (including phenoxy) is 1. The SMILES string of the molecule is CC(C)(C)OC(=O)N1CCC(O)C(Cc2cncs2)C1. The molecule has 1 fully saturated rings. The van der Waals surface area contributed by atoms with Crippen molar-refractivity contribution >= 4 is 17.4 Å². The van der Waals surface area contributed by atoms with Crippen LogP contribution in [0.15, 0.2) is 11.7 Å². The number of likely N-dealkylation sites (tertiary alicyclic amines) is 1. The molecule has 2 heterocycles. The first-order chi connectivity index (χ1) is 9.35. The Morgan fingerprint density at radius 2 is 2.35 bits per heavy atom. The van der Waals surface area contributed by atoms with E-state index < -0.39 is 5.60 Å². The topological polar surface area (TPSA) is 62.7 Å². The van der Waals surface area contributed by atoms with Gasteiger partial charge in [-0.3, -0.25) is 4.98 Å². The second-order valence-electron chi connectivity index (χ2n) is 6.21. The number of amides is 1. The number of piperidine rings is 1. The highest BCUT2D eigenvalue weighted by atomic mass is 32.1. The first kappa shape index (κ1) is 15.3. The van der Waals surface area contributed by atoms with Gasteiger partial charge in [0.2, 0.25) is 0 Å². The molecule has 0 bridgehead atoms. The van der Waals surface area contributed by atoms with Crippen LogP contribution in [0.5, 0.6) is 0 Å². The summed E-state index contributed by atoms with van der Waals surface area (Å²) in [6.07, 6.45) is 2.52. The van der Waals surface area contributed by atoms with Crippen LogP contribution in [0.1, 0.15) is 32.1 Å². The highest BCUT2D eigenvalue weighted by molar-refractivity contribution is 7.09. The molecule has 1 aliphatic heterocycles. The predicted molar refractivity (Wildman–Crippen MR) is 77.7 cm³/mol. The van der Waals surface area contributed by atoms with Gasteiger partial charge in [0.1, 0.15) is 5.60 Å². The Kier molecular flexibility index (Phi) is 4.65. The van der Waals surface area contributed by atoms with Gasteiger partial charge < -0.3 is 14.7 Å². The van der Waals surface area contributed by atoms with Crippen molar-refractivity contribution in [1.29, 1.82) is 0 Å². The second kappa shape index (κ2) is 6.10. The number of rotatable bonds is 2. The molecule has 1 aromatic heterocycles. The van der Waals surface area contributed by atoms with Crippen LogP contribution in [-0.4, -0.2) is 45.9 Å². The average molecular weight is 298 g/mol. The van der Waals surface area contributed by atoms with Gasteiger partial charge in [0.25, 0.3) is 0 Å². The summed E-state index contributed by atoms with van der Waals surface area (Å²) in [5.74, 6) is 0.0525. The zero-order valence-electron chi connectivity index (χ0n) is 12.2. The van der Waals surface area contributed by atoms with E-state index >= 15 is 0 Å². The van der Waals surface area contributed by atoms with E-state index in [0.717, 1.165) is 11.3 Å². The average Bonchev–Trinajstić information content (AvgIpc) is 2.82. The summed E-state index contributed by atoms with van der Waals surface area (Å²) in [4.78, 5) is 19.0. The number of carbonyl (C=O) groups is 1. The minimum atomic E-state index is -0.486. The number of hydrogen-bond acceptors (Lipinski definition) is 5. The summed E-state index contributed by atoms with van der Waals surface area (Å²) < 4.78 is 5.39. The third-order valence-corrected chi connectivity index (χ3v) is 4.09. The van der Waals surface area contributed by atoms with Gasteiger partial charge in [-0.15, -0.1) is 11.3 Å². The second-order valence-corrected chi connectivity index (χ2v) is 7.19. The van der Waals surface area contributed by atoms with Crippen LogP contribution in [0, 0.1) is 5.92 Å². The lowest BCUT2D eigenvalue weighted by Crippen LogP contribution is -2.48. The molecule has 2 rings (SSSR count). The molecule has 0 saturated carbocycles. The molecule has 0 aliphatic carbocycles. The van der Waals surface area contributed by atoms with E-state index in [4.69, 9.17) is 4.74 Å². The van der Waals surface area contributed by atoms with E-state index in [1.807, 2.05) is 27.0 Å². The van der Waals surface area contributed by atoms with E-state index in [2.05, 4.69) is 4.98 Å². The lowest BCUT2D eigenvalue weighted by molar-refractivity contribution is -0.00809. The Hall–Kier alpha value is -1.14. The van der Waals surface area contributed by atoms with Gasteiger partial charge >= 0.3 is 6.09 Å². The third-order valence-electron chi connectivity index (χ3n) is 3.29. The Morgan fingerprint density at radius 3 is 2.95 bits per heavy atom. The Balaban J connectivity index is 1.95. The van der Waals surface area contributed by atoms with Gasteiger partial charge in [0, 0.05) is 30.1 Å². The smallest absolute Gasteiger partial charge is 0.410 e. The van der Waals surface area contributed by atoms with Crippen molar-refractivity contribution in [3.8, 4) is 0 Å². The lowest BCUT2D eigenvalue weighted by Gasteiger charge is -2.36. The Bertz CT molecular complexity index is 442. The first-order valence-electron chi connectivity index (χ1n) is 6.88. The van der Waals surface area contributed by atoms with Crippen molar-refractivity contribution in [3.63, 3.8) is 0 Å². The van der Waals surface area contributed by atoms with Crippen molar-refractivity contribution in [2.75, 3.05) is 13.1 Å². The predicted octanol–water partition coefficient (Wildman–Crippen LogP) is 2.30. The van der Waals surface area contributed by atoms with Crippen LogP contribution in [0.3, 0.4) is 0 Å². The number of aliphatic hydroxyl groups excluding tert-OH is 1. The highest BCUT2D eigenvalue weighted by Crippen LogP contribution is 2.24. The molecule has 2 unspecified atom stereocenters. The molecule has 20 heavy (non-hydrogen) atoms. The largest absolute Gasteiger partial charge is 0.444 e. The maximum Gasteiger partial charge on any atom is 0.410 e. The fourth-order valence-electron chi connectivity index (χ4n) is 2.31. The fraction of sp³-hybridized carbons (Fsp3) is 0.714. The molecule has 0 spiro atoms. The molecule has 1 N–H and O–H groups in total. The number of aromatic nitrogens is 1. The maximum absolute atomic E-state index is 12.1.